The van der Waals surface area contributed by atoms with Gasteiger partial charge in [-0.25, -0.2) is 0 Å². The van der Waals surface area contributed by atoms with Gasteiger partial charge in [0.1, 0.15) is 0 Å². The lowest BCUT2D eigenvalue weighted by atomic mass is 10.1. The summed E-state index contributed by atoms with van der Waals surface area (Å²) in [6.45, 7) is 3.88. The first-order valence-corrected chi connectivity index (χ1v) is 6.85. The van der Waals surface area contributed by atoms with Crippen LogP contribution in [-0.4, -0.2) is 21.4 Å². The summed E-state index contributed by atoms with van der Waals surface area (Å²) < 4.78 is 0. The first-order chi connectivity index (χ1) is 8.18. The first kappa shape index (κ1) is 12.4. The molecular weight excluding hydrogens is 230 g/mol. The Morgan fingerprint density at radius 3 is 2.76 bits per heavy atom. The largest absolute Gasteiger partial charge is 0.392 e. The van der Waals surface area contributed by atoms with Crippen LogP contribution in [0.4, 0.5) is 0 Å². The second-order valence-electron chi connectivity index (χ2n) is 4.25. The van der Waals surface area contributed by atoms with Gasteiger partial charge in [-0.1, -0.05) is 31.2 Å². The lowest BCUT2D eigenvalue weighted by Gasteiger charge is -2.14. The molecule has 2 aromatic rings. The van der Waals surface area contributed by atoms with Crippen LogP contribution in [-0.2, 0) is 5.75 Å². The number of benzene rings is 1. The number of aliphatic hydroxyl groups excluding tert-OH is 1. The Kier molecular flexibility index (Phi) is 4.02. The Morgan fingerprint density at radius 1 is 1.24 bits per heavy atom. The molecule has 0 aliphatic heterocycles. The van der Waals surface area contributed by atoms with Crippen molar-refractivity contribution in [1.82, 2.24) is 4.98 Å². The van der Waals surface area contributed by atoms with Crippen LogP contribution in [0.1, 0.15) is 19.4 Å². The van der Waals surface area contributed by atoms with Gasteiger partial charge < -0.3 is 5.11 Å². The fourth-order valence-electron chi connectivity index (χ4n) is 1.64. The normalized spacial score (nSPS) is 14.8. The van der Waals surface area contributed by atoms with Crippen LogP contribution < -0.4 is 0 Å². The molecule has 0 bridgehead atoms. The van der Waals surface area contributed by atoms with E-state index in [-0.39, 0.29) is 11.4 Å². The molecule has 2 rings (SSSR count). The van der Waals surface area contributed by atoms with E-state index in [1.54, 1.807) is 11.8 Å². The number of para-hydroxylation sites is 1. The SMILES string of the molecule is C[C@@H](O)[C@@H](C)SCc1cccc2cccnc12. The smallest absolute Gasteiger partial charge is 0.0742 e. The lowest BCUT2D eigenvalue weighted by molar-refractivity contribution is 0.196. The van der Waals surface area contributed by atoms with E-state index >= 15 is 0 Å². The second-order valence-corrected chi connectivity index (χ2v) is 5.61. The van der Waals surface area contributed by atoms with E-state index < -0.39 is 0 Å². The van der Waals surface area contributed by atoms with Gasteiger partial charge in [0.2, 0.25) is 0 Å². The van der Waals surface area contributed by atoms with Crippen LogP contribution in [0.25, 0.3) is 10.9 Å². The first-order valence-electron chi connectivity index (χ1n) is 5.81. The summed E-state index contributed by atoms with van der Waals surface area (Å²) in [7, 11) is 0. The average molecular weight is 247 g/mol. The van der Waals surface area contributed by atoms with E-state index in [4.69, 9.17) is 0 Å². The van der Waals surface area contributed by atoms with Crippen LogP contribution in [0.2, 0.25) is 0 Å². The monoisotopic (exact) mass is 247 g/mol. The number of hydrogen-bond acceptors (Lipinski definition) is 3. The van der Waals surface area contributed by atoms with Crippen LogP contribution in [0.15, 0.2) is 36.5 Å². The maximum absolute atomic E-state index is 9.48. The highest BCUT2D eigenvalue weighted by Crippen LogP contribution is 2.24. The van der Waals surface area contributed by atoms with Crippen molar-refractivity contribution in [2.45, 2.75) is 31.0 Å². The van der Waals surface area contributed by atoms with Crippen LogP contribution >= 0.6 is 11.8 Å². The molecule has 0 spiro atoms. The Balaban J connectivity index is 2.19. The van der Waals surface area contributed by atoms with Gasteiger partial charge in [-0.15, -0.1) is 0 Å². The van der Waals surface area contributed by atoms with Gasteiger partial charge >= 0.3 is 0 Å². The molecule has 0 aliphatic carbocycles. The summed E-state index contributed by atoms with van der Waals surface area (Å²) >= 11 is 1.76. The van der Waals surface area contributed by atoms with E-state index in [1.165, 1.54) is 10.9 Å². The summed E-state index contributed by atoms with van der Waals surface area (Å²) in [4.78, 5) is 4.43. The molecule has 90 valence electrons. The predicted octanol–water partition coefficient (Wildman–Crippen LogP) is 3.24. The van der Waals surface area contributed by atoms with E-state index in [1.807, 2.05) is 26.1 Å². The van der Waals surface area contributed by atoms with Crippen molar-refractivity contribution >= 4 is 22.7 Å². The van der Waals surface area contributed by atoms with Crippen molar-refractivity contribution in [1.29, 1.82) is 0 Å². The average Bonchev–Trinajstić information content (AvgIpc) is 2.35. The number of rotatable bonds is 4. The quantitative estimate of drug-likeness (QED) is 0.900. The minimum absolute atomic E-state index is 0.244. The molecule has 0 saturated carbocycles. The third kappa shape index (κ3) is 2.99. The molecule has 3 heteroatoms. The van der Waals surface area contributed by atoms with Gasteiger partial charge in [-0.2, -0.15) is 11.8 Å². The molecular formula is C14H17NOS. The van der Waals surface area contributed by atoms with Crippen molar-refractivity contribution in [2.24, 2.45) is 0 Å². The highest BCUT2D eigenvalue weighted by atomic mass is 32.2. The fraction of sp³-hybridized carbons (Fsp3) is 0.357. The molecule has 1 heterocycles. The maximum Gasteiger partial charge on any atom is 0.0742 e. The number of aromatic nitrogens is 1. The molecule has 0 unspecified atom stereocenters. The topological polar surface area (TPSA) is 33.1 Å². The summed E-state index contributed by atoms with van der Waals surface area (Å²) in [5.41, 5.74) is 2.31. The molecule has 2 nitrogen and oxygen atoms in total. The van der Waals surface area contributed by atoms with Gasteiger partial charge in [0.25, 0.3) is 0 Å². The van der Waals surface area contributed by atoms with Crippen LogP contribution in [0, 0.1) is 0 Å². The molecule has 0 radical (unpaired) electrons. The standard InChI is InChI=1S/C14H17NOS/c1-10(16)11(2)17-9-13-6-3-5-12-7-4-8-15-14(12)13/h3-8,10-11,16H,9H2,1-2H3/t10-,11-/m1/s1. The van der Waals surface area contributed by atoms with Crippen molar-refractivity contribution in [2.75, 3.05) is 0 Å². The zero-order valence-electron chi connectivity index (χ0n) is 10.1. The molecule has 1 N–H and O–H groups in total. The number of pyridine rings is 1. The third-order valence-corrected chi connectivity index (χ3v) is 4.29. The van der Waals surface area contributed by atoms with E-state index in [9.17, 15) is 5.11 Å². The number of aliphatic hydroxyl groups is 1. The lowest BCUT2D eigenvalue weighted by Crippen LogP contribution is -2.15. The molecule has 0 amide bonds. The zero-order valence-corrected chi connectivity index (χ0v) is 10.9. The van der Waals surface area contributed by atoms with Gasteiger partial charge in [0.05, 0.1) is 11.6 Å². The third-order valence-electron chi connectivity index (χ3n) is 2.90. The van der Waals surface area contributed by atoms with Gasteiger partial charge in [0.15, 0.2) is 0 Å². The molecule has 17 heavy (non-hydrogen) atoms. The van der Waals surface area contributed by atoms with Crippen LogP contribution in [0.3, 0.4) is 0 Å². The predicted molar refractivity (Wildman–Crippen MR) is 74.2 cm³/mol. The van der Waals surface area contributed by atoms with E-state index in [0.717, 1.165) is 11.3 Å². The maximum atomic E-state index is 9.48. The molecule has 1 aromatic heterocycles. The van der Waals surface area contributed by atoms with Gasteiger partial charge in [-0.05, 0) is 18.6 Å². The summed E-state index contributed by atoms with van der Waals surface area (Å²) in [5, 5.41) is 10.9. The molecule has 0 fully saturated rings. The number of fused-ring (bicyclic) bond motifs is 1. The highest BCUT2D eigenvalue weighted by Gasteiger charge is 2.10. The van der Waals surface area contributed by atoms with Crippen molar-refractivity contribution in [3.05, 3.63) is 42.1 Å². The molecule has 1 aromatic carbocycles. The number of thioether (sulfide) groups is 1. The van der Waals surface area contributed by atoms with Crippen LogP contribution in [0.5, 0.6) is 0 Å². The van der Waals surface area contributed by atoms with Gasteiger partial charge in [-0.3, -0.25) is 4.98 Å². The van der Waals surface area contributed by atoms with E-state index in [2.05, 4.69) is 29.2 Å². The molecule has 0 aliphatic rings. The minimum atomic E-state index is -0.275. The number of hydrogen-bond donors (Lipinski definition) is 1. The molecule has 0 saturated heterocycles. The minimum Gasteiger partial charge on any atom is -0.392 e. The fourth-order valence-corrected chi connectivity index (χ4v) is 2.60. The Labute approximate surface area is 106 Å². The van der Waals surface area contributed by atoms with Crippen molar-refractivity contribution in [3.8, 4) is 0 Å². The van der Waals surface area contributed by atoms with E-state index in [0.29, 0.717) is 0 Å². The summed E-state index contributed by atoms with van der Waals surface area (Å²) in [6.07, 6.45) is 1.55. The summed E-state index contributed by atoms with van der Waals surface area (Å²) in [5.74, 6) is 0.889. The summed E-state index contributed by atoms with van der Waals surface area (Å²) in [6, 6.07) is 10.3. The van der Waals surface area contributed by atoms with Crippen molar-refractivity contribution in [3.63, 3.8) is 0 Å². The number of nitrogens with zero attached hydrogens (tertiary/aromatic N) is 1. The molecule has 2 atom stereocenters. The highest BCUT2D eigenvalue weighted by molar-refractivity contribution is 7.99. The zero-order chi connectivity index (χ0) is 12.3. The van der Waals surface area contributed by atoms with Crippen molar-refractivity contribution < 1.29 is 5.11 Å². The van der Waals surface area contributed by atoms with Gasteiger partial charge in [0, 0.05) is 22.6 Å². The second kappa shape index (κ2) is 5.52. The Hall–Kier alpha value is -1.06. The Morgan fingerprint density at radius 2 is 2.00 bits per heavy atom. The Bertz CT molecular complexity index is 493.